The summed E-state index contributed by atoms with van der Waals surface area (Å²) in [5.41, 5.74) is 1.45. The Morgan fingerprint density at radius 2 is 1.81 bits per heavy atom. The van der Waals surface area contributed by atoms with E-state index in [0.717, 1.165) is 5.69 Å². The quantitative estimate of drug-likeness (QED) is 0.451. The second kappa shape index (κ2) is 9.05. The van der Waals surface area contributed by atoms with Gasteiger partial charge < -0.3 is 19.9 Å². The van der Waals surface area contributed by atoms with Crippen LogP contribution in [-0.4, -0.2) is 48.2 Å². The molecule has 0 bridgehead atoms. The number of benzene rings is 2. The third-order valence-electron chi connectivity index (χ3n) is 5.10. The van der Waals surface area contributed by atoms with Crippen molar-refractivity contribution in [2.24, 2.45) is 0 Å². The first kappa shape index (κ1) is 20.7. The molecule has 0 amide bonds. The molecule has 160 valence electrons. The average molecular weight is 441 g/mol. The van der Waals surface area contributed by atoms with E-state index in [9.17, 15) is 10.1 Å². The molecule has 1 fully saturated rings. The van der Waals surface area contributed by atoms with Crippen molar-refractivity contribution in [1.82, 2.24) is 9.97 Å². The number of halogens is 1. The maximum absolute atomic E-state index is 12.0. The third kappa shape index (κ3) is 4.46. The second-order valence-corrected chi connectivity index (χ2v) is 7.37. The number of piperazine rings is 1. The lowest BCUT2D eigenvalue weighted by Gasteiger charge is -2.36. The zero-order valence-corrected chi connectivity index (χ0v) is 17.6. The highest BCUT2D eigenvalue weighted by Crippen LogP contribution is 2.36. The molecule has 1 N–H and O–H groups in total. The fourth-order valence-corrected chi connectivity index (χ4v) is 3.77. The Balaban J connectivity index is 1.58. The molecule has 0 aliphatic carbocycles. The van der Waals surface area contributed by atoms with Crippen LogP contribution in [0.25, 0.3) is 0 Å². The van der Waals surface area contributed by atoms with Crippen molar-refractivity contribution in [1.29, 1.82) is 0 Å². The standard InChI is InChI=1S/C21H21ClN6O3/c1-31-18-8-3-2-7-17(18)25-20-19(28(29)30)21(24-14-23-20)27-11-9-26(10-12-27)16-6-4-5-15(22)13-16/h2-8,13-14H,9-12H2,1H3,(H,23,24,25). The van der Waals surface area contributed by atoms with Gasteiger partial charge >= 0.3 is 5.69 Å². The first-order valence-electron chi connectivity index (χ1n) is 9.71. The maximum atomic E-state index is 12.0. The predicted molar refractivity (Wildman–Crippen MR) is 121 cm³/mol. The zero-order valence-electron chi connectivity index (χ0n) is 16.9. The molecule has 9 nitrogen and oxygen atoms in total. The topological polar surface area (TPSA) is 96.7 Å². The summed E-state index contributed by atoms with van der Waals surface area (Å²) >= 11 is 6.10. The van der Waals surface area contributed by atoms with Gasteiger partial charge in [-0.15, -0.1) is 0 Å². The van der Waals surface area contributed by atoms with Crippen LogP contribution in [0.5, 0.6) is 5.75 Å². The summed E-state index contributed by atoms with van der Waals surface area (Å²) in [6.45, 7) is 2.55. The highest BCUT2D eigenvalue weighted by molar-refractivity contribution is 6.30. The molecule has 0 radical (unpaired) electrons. The Morgan fingerprint density at radius 3 is 2.52 bits per heavy atom. The number of nitro groups is 1. The molecule has 2 heterocycles. The number of hydrogen-bond donors (Lipinski definition) is 1. The van der Waals surface area contributed by atoms with Gasteiger partial charge in [0.25, 0.3) is 0 Å². The number of nitrogens with zero attached hydrogens (tertiary/aromatic N) is 5. The number of nitrogens with one attached hydrogen (secondary N) is 1. The molecule has 3 aromatic rings. The van der Waals surface area contributed by atoms with Crippen LogP contribution in [0.4, 0.5) is 28.7 Å². The summed E-state index contributed by atoms with van der Waals surface area (Å²) in [5.74, 6) is 0.979. The lowest BCUT2D eigenvalue weighted by atomic mass is 10.2. The van der Waals surface area contributed by atoms with Crippen molar-refractivity contribution in [2.45, 2.75) is 0 Å². The molecule has 4 rings (SSSR count). The summed E-state index contributed by atoms with van der Waals surface area (Å²) in [4.78, 5) is 24.0. The van der Waals surface area contributed by atoms with E-state index in [0.29, 0.717) is 48.5 Å². The first-order chi connectivity index (χ1) is 15.1. The van der Waals surface area contributed by atoms with Gasteiger partial charge in [0.1, 0.15) is 12.1 Å². The van der Waals surface area contributed by atoms with E-state index in [1.54, 1.807) is 19.2 Å². The first-order valence-corrected chi connectivity index (χ1v) is 10.1. The lowest BCUT2D eigenvalue weighted by molar-refractivity contribution is -0.383. The zero-order chi connectivity index (χ0) is 21.8. The molecule has 1 saturated heterocycles. The van der Waals surface area contributed by atoms with E-state index in [2.05, 4.69) is 20.2 Å². The molecule has 0 spiro atoms. The smallest absolute Gasteiger partial charge is 0.353 e. The van der Waals surface area contributed by atoms with Crippen LogP contribution in [0.15, 0.2) is 54.9 Å². The summed E-state index contributed by atoms with van der Waals surface area (Å²) in [6, 6.07) is 14.8. The predicted octanol–water partition coefficient (Wildman–Crippen LogP) is 4.12. The van der Waals surface area contributed by atoms with Crippen molar-refractivity contribution in [2.75, 3.05) is 48.4 Å². The molecule has 0 saturated carbocycles. The van der Waals surface area contributed by atoms with Crippen LogP contribution in [0.1, 0.15) is 0 Å². The van der Waals surface area contributed by atoms with Gasteiger partial charge in [-0.2, -0.15) is 0 Å². The van der Waals surface area contributed by atoms with E-state index in [1.165, 1.54) is 6.33 Å². The largest absolute Gasteiger partial charge is 0.495 e. The molecule has 0 atom stereocenters. The van der Waals surface area contributed by atoms with Crippen molar-refractivity contribution in [3.63, 3.8) is 0 Å². The minimum absolute atomic E-state index is 0.122. The SMILES string of the molecule is COc1ccccc1Nc1ncnc(N2CCN(c3cccc(Cl)c3)CC2)c1[N+](=O)[O-]. The molecule has 0 unspecified atom stereocenters. The molecule has 2 aromatic carbocycles. The Hall–Kier alpha value is -3.59. The lowest BCUT2D eigenvalue weighted by Crippen LogP contribution is -2.47. The molecule has 1 aromatic heterocycles. The minimum Gasteiger partial charge on any atom is -0.495 e. The van der Waals surface area contributed by atoms with Crippen molar-refractivity contribution < 1.29 is 9.66 Å². The highest BCUT2D eigenvalue weighted by Gasteiger charge is 2.29. The van der Waals surface area contributed by atoms with Crippen LogP contribution in [0.2, 0.25) is 5.02 Å². The van der Waals surface area contributed by atoms with Crippen LogP contribution >= 0.6 is 11.6 Å². The van der Waals surface area contributed by atoms with Crippen molar-refractivity contribution in [3.05, 3.63) is 70.0 Å². The third-order valence-corrected chi connectivity index (χ3v) is 5.33. The minimum atomic E-state index is -0.448. The van der Waals surface area contributed by atoms with E-state index < -0.39 is 4.92 Å². The molecule has 10 heteroatoms. The summed E-state index contributed by atoms with van der Waals surface area (Å²) in [5, 5.41) is 15.7. The number of aromatic nitrogens is 2. The van der Waals surface area contributed by atoms with Gasteiger partial charge in [-0.3, -0.25) is 10.1 Å². The summed E-state index contributed by atoms with van der Waals surface area (Å²) < 4.78 is 5.33. The monoisotopic (exact) mass is 440 g/mol. The summed E-state index contributed by atoms with van der Waals surface area (Å²) in [6.07, 6.45) is 1.34. The number of methoxy groups -OCH3 is 1. The molecular formula is C21H21ClN6O3. The Morgan fingerprint density at radius 1 is 1.06 bits per heavy atom. The van der Waals surface area contributed by atoms with Crippen molar-refractivity contribution >= 4 is 40.3 Å². The van der Waals surface area contributed by atoms with Crippen LogP contribution in [0, 0.1) is 10.1 Å². The van der Waals surface area contributed by atoms with Gasteiger partial charge in [0.15, 0.2) is 0 Å². The fourth-order valence-electron chi connectivity index (χ4n) is 3.59. The number of para-hydroxylation sites is 2. The number of hydrogen-bond acceptors (Lipinski definition) is 8. The van der Waals surface area contributed by atoms with Crippen LogP contribution in [0.3, 0.4) is 0 Å². The molecular weight excluding hydrogens is 420 g/mol. The molecule has 1 aliphatic rings. The van der Waals surface area contributed by atoms with Gasteiger partial charge in [0.05, 0.1) is 17.7 Å². The fraction of sp³-hybridized carbons (Fsp3) is 0.238. The van der Waals surface area contributed by atoms with Gasteiger partial charge in [0, 0.05) is 36.9 Å². The number of rotatable bonds is 6. The van der Waals surface area contributed by atoms with Crippen molar-refractivity contribution in [3.8, 4) is 5.75 Å². The average Bonchev–Trinajstić information content (AvgIpc) is 2.79. The van der Waals surface area contributed by atoms with E-state index in [1.807, 2.05) is 41.3 Å². The van der Waals surface area contributed by atoms with Crippen LogP contribution in [-0.2, 0) is 0 Å². The van der Waals surface area contributed by atoms with E-state index in [4.69, 9.17) is 16.3 Å². The number of anilines is 4. The Bertz CT molecular complexity index is 1090. The van der Waals surface area contributed by atoms with Gasteiger partial charge in [-0.25, -0.2) is 9.97 Å². The van der Waals surface area contributed by atoms with Crippen LogP contribution < -0.4 is 19.9 Å². The van der Waals surface area contributed by atoms with Gasteiger partial charge in [-0.1, -0.05) is 29.8 Å². The summed E-state index contributed by atoms with van der Waals surface area (Å²) in [7, 11) is 1.54. The number of ether oxygens (including phenoxy) is 1. The molecule has 1 aliphatic heterocycles. The van der Waals surface area contributed by atoms with Gasteiger partial charge in [-0.05, 0) is 30.3 Å². The maximum Gasteiger partial charge on any atom is 0.353 e. The Labute approximate surface area is 184 Å². The molecule has 31 heavy (non-hydrogen) atoms. The van der Waals surface area contributed by atoms with E-state index in [-0.39, 0.29) is 11.5 Å². The Kier molecular flexibility index (Phi) is 6.03. The second-order valence-electron chi connectivity index (χ2n) is 6.93. The van der Waals surface area contributed by atoms with Gasteiger partial charge in [0.2, 0.25) is 11.6 Å². The highest BCUT2D eigenvalue weighted by atomic mass is 35.5. The normalized spacial score (nSPS) is 13.7. The van der Waals surface area contributed by atoms with E-state index >= 15 is 0 Å².